The topological polar surface area (TPSA) is 24.5 Å². The van der Waals surface area contributed by atoms with E-state index in [0.29, 0.717) is 6.04 Å². The molecule has 0 spiro atoms. The second kappa shape index (κ2) is 7.34. The average molecular weight is 242 g/mol. The van der Waals surface area contributed by atoms with Crippen molar-refractivity contribution in [3.8, 4) is 0 Å². The highest BCUT2D eigenvalue weighted by Gasteiger charge is 2.22. The van der Waals surface area contributed by atoms with Gasteiger partial charge >= 0.3 is 0 Å². The molecule has 0 saturated carbocycles. The third-order valence-corrected chi connectivity index (χ3v) is 3.77. The van der Waals surface area contributed by atoms with Crippen molar-refractivity contribution in [3.05, 3.63) is 0 Å². The first-order valence-electron chi connectivity index (χ1n) is 7.08. The van der Waals surface area contributed by atoms with Crippen LogP contribution in [0.15, 0.2) is 0 Å². The van der Waals surface area contributed by atoms with E-state index < -0.39 is 0 Å². The van der Waals surface area contributed by atoms with Crippen LogP contribution >= 0.6 is 0 Å². The van der Waals surface area contributed by atoms with E-state index >= 15 is 0 Å². The van der Waals surface area contributed by atoms with Crippen LogP contribution in [0.5, 0.6) is 0 Å². The van der Waals surface area contributed by atoms with Crippen LogP contribution < -0.4 is 5.32 Å². The SMILES string of the molecule is CCCNC1CCCN(CCC(C)(C)OC)C1. The summed E-state index contributed by atoms with van der Waals surface area (Å²) in [6.07, 6.45) is 5.01. The summed E-state index contributed by atoms with van der Waals surface area (Å²) in [4.78, 5) is 2.58. The van der Waals surface area contributed by atoms with Gasteiger partial charge in [-0.2, -0.15) is 0 Å². The molecule has 0 aliphatic carbocycles. The molecule has 1 aliphatic rings. The van der Waals surface area contributed by atoms with Gasteiger partial charge in [0.1, 0.15) is 0 Å². The zero-order valence-electron chi connectivity index (χ0n) is 12.1. The van der Waals surface area contributed by atoms with E-state index in [9.17, 15) is 0 Å². The molecule has 102 valence electrons. The molecule has 1 saturated heterocycles. The van der Waals surface area contributed by atoms with Gasteiger partial charge in [0.25, 0.3) is 0 Å². The zero-order valence-corrected chi connectivity index (χ0v) is 12.1. The normalized spacial score (nSPS) is 22.9. The molecule has 1 fully saturated rings. The van der Waals surface area contributed by atoms with Gasteiger partial charge in [-0.3, -0.25) is 0 Å². The van der Waals surface area contributed by atoms with Gasteiger partial charge in [-0.15, -0.1) is 0 Å². The monoisotopic (exact) mass is 242 g/mol. The maximum absolute atomic E-state index is 5.48. The Kier molecular flexibility index (Phi) is 6.45. The van der Waals surface area contributed by atoms with Crippen LogP contribution in [0.25, 0.3) is 0 Å². The Hall–Kier alpha value is -0.120. The lowest BCUT2D eigenvalue weighted by molar-refractivity contribution is 0.00505. The van der Waals surface area contributed by atoms with Gasteiger partial charge in [-0.25, -0.2) is 0 Å². The van der Waals surface area contributed by atoms with Gasteiger partial charge < -0.3 is 15.0 Å². The predicted octanol–water partition coefficient (Wildman–Crippen LogP) is 2.27. The Balaban J connectivity index is 2.24. The molecule has 1 atom stereocenters. The largest absolute Gasteiger partial charge is 0.379 e. The van der Waals surface area contributed by atoms with Gasteiger partial charge in [0.15, 0.2) is 0 Å². The molecule has 1 aliphatic heterocycles. The lowest BCUT2D eigenvalue weighted by Crippen LogP contribution is -2.47. The van der Waals surface area contributed by atoms with Crippen molar-refractivity contribution in [2.45, 2.75) is 58.1 Å². The molecule has 1 unspecified atom stereocenters. The molecule has 0 bridgehead atoms. The molecule has 0 aromatic rings. The highest BCUT2D eigenvalue weighted by molar-refractivity contribution is 4.80. The minimum atomic E-state index is 0.0176. The van der Waals surface area contributed by atoms with Gasteiger partial charge in [0.2, 0.25) is 0 Å². The standard InChI is InChI=1S/C14H30N2O/c1-5-9-15-13-7-6-10-16(12-13)11-8-14(2,3)17-4/h13,15H,5-12H2,1-4H3. The number of methoxy groups -OCH3 is 1. The minimum Gasteiger partial charge on any atom is -0.379 e. The fourth-order valence-electron chi connectivity index (χ4n) is 2.30. The first kappa shape index (κ1) is 14.9. The van der Waals surface area contributed by atoms with E-state index in [1.54, 1.807) is 0 Å². The van der Waals surface area contributed by atoms with Crippen molar-refractivity contribution < 1.29 is 4.74 Å². The molecule has 0 aromatic heterocycles. The Bertz CT molecular complexity index is 206. The molecular formula is C14H30N2O. The minimum absolute atomic E-state index is 0.0176. The predicted molar refractivity (Wildman–Crippen MR) is 73.5 cm³/mol. The van der Waals surface area contributed by atoms with Crippen LogP contribution in [0, 0.1) is 0 Å². The van der Waals surface area contributed by atoms with Gasteiger partial charge in [-0.05, 0) is 52.6 Å². The summed E-state index contributed by atoms with van der Waals surface area (Å²) in [6, 6.07) is 0.703. The van der Waals surface area contributed by atoms with Gasteiger partial charge in [0, 0.05) is 26.2 Å². The summed E-state index contributed by atoms with van der Waals surface area (Å²) in [5.41, 5.74) is 0.0176. The summed E-state index contributed by atoms with van der Waals surface area (Å²) >= 11 is 0. The Morgan fingerprint density at radius 3 is 2.82 bits per heavy atom. The van der Waals surface area contributed by atoms with E-state index in [4.69, 9.17) is 4.74 Å². The summed E-state index contributed by atoms with van der Waals surface area (Å²) in [6.45, 7) is 11.3. The number of piperidine rings is 1. The number of nitrogens with zero attached hydrogens (tertiary/aromatic N) is 1. The van der Waals surface area contributed by atoms with Gasteiger partial charge in [-0.1, -0.05) is 6.92 Å². The highest BCUT2D eigenvalue weighted by atomic mass is 16.5. The van der Waals surface area contributed by atoms with Crippen LogP contribution in [0.2, 0.25) is 0 Å². The van der Waals surface area contributed by atoms with Crippen LogP contribution in [0.3, 0.4) is 0 Å². The zero-order chi connectivity index (χ0) is 12.7. The third kappa shape index (κ3) is 5.84. The average Bonchev–Trinajstić information content (AvgIpc) is 2.35. The maximum atomic E-state index is 5.48. The smallest absolute Gasteiger partial charge is 0.0634 e. The molecular weight excluding hydrogens is 212 g/mol. The number of ether oxygens (including phenoxy) is 1. The second-order valence-electron chi connectivity index (χ2n) is 5.81. The lowest BCUT2D eigenvalue weighted by Gasteiger charge is -2.35. The molecule has 17 heavy (non-hydrogen) atoms. The lowest BCUT2D eigenvalue weighted by atomic mass is 10.0. The molecule has 3 heteroatoms. The van der Waals surface area contributed by atoms with E-state index in [2.05, 4.69) is 31.0 Å². The van der Waals surface area contributed by atoms with Gasteiger partial charge in [0.05, 0.1) is 5.60 Å². The Morgan fingerprint density at radius 2 is 2.18 bits per heavy atom. The number of nitrogens with one attached hydrogen (secondary N) is 1. The van der Waals surface area contributed by atoms with E-state index in [1.165, 1.54) is 32.4 Å². The summed E-state index contributed by atoms with van der Waals surface area (Å²) in [5.74, 6) is 0. The van der Waals surface area contributed by atoms with Crippen LogP contribution in [0.4, 0.5) is 0 Å². The number of rotatable bonds is 7. The first-order chi connectivity index (χ1) is 8.07. The van der Waals surface area contributed by atoms with E-state index in [-0.39, 0.29) is 5.60 Å². The van der Waals surface area contributed by atoms with Crippen molar-refractivity contribution in [3.63, 3.8) is 0 Å². The molecule has 1 N–H and O–H groups in total. The molecule has 0 amide bonds. The molecule has 3 nitrogen and oxygen atoms in total. The number of hydrogen-bond donors (Lipinski definition) is 1. The summed E-state index contributed by atoms with van der Waals surface area (Å²) < 4.78 is 5.48. The number of likely N-dealkylation sites (tertiary alicyclic amines) is 1. The van der Waals surface area contributed by atoms with Crippen molar-refractivity contribution in [2.75, 3.05) is 33.3 Å². The molecule has 1 heterocycles. The first-order valence-corrected chi connectivity index (χ1v) is 7.08. The van der Waals surface area contributed by atoms with Crippen molar-refractivity contribution >= 4 is 0 Å². The van der Waals surface area contributed by atoms with Crippen molar-refractivity contribution in [1.29, 1.82) is 0 Å². The molecule has 1 rings (SSSR count). The Labute approximate surface area is 107 Å². The fourth-order valence-corrected chi connectivity index (χ4v) is 2.30. The number of hydrogen-bond acceptors (Lipinski definition) is 3. The van der Waals surface area contributed by atoms with Crippen LogP contribution in [0.1, 0.15) is 46.5 Å². The molecule has 0 aromatic carbocycles. The van der Waals surface area contributed by atoms with E-state index in [1.807, 2.05) is 7.11 Å². The fraction of sp³-hybridized carbons (Fsp3) is 1.00. The highest BCUT2D eigenvalue weighted by Crippen LogP contribution is 2.16. The Morgan fingerprint density at radius 1 is 1.41 bits per heavy atom. The van der Waals surface area contributed by atoms with Crippen molar-refractivity contribution in [1.82, 2.24) is 10.2 Å². The van der Waals surface area contributed by atoms with Crippen LogP contribution in [-0.2, 0) is 4.74 Å². The van der Waals surface area contributed by atoms with Crippen LogP contribution in [-0.4, -0.2) is 49.8 Å². The second-order valence-corrected chi connectivity index (χ2v) is 5.81. The summed E-state index contributed by atoms with van der Waals surface area (Å²) in [7, 11) is 1.81. The van der Waals surface area contributed by atoms with Crippen molar-refractivity contribution in [2.24, 2.45) is 0 Å². The quantitative estimate of drug-likeness (QED) is 0.741. The summed E-state index contributed by atoms with van der Waals surface area (Å²) in [5, 5.41) is 3.64. The van der Waals surface area contributed by atoms with E-state index in [0.717, 1.165) is 19.5 Å². The molecule has 0 radical (unpaired) electrons. The third-order valence-electron chi connectivity index (χ3n) is 3.77. The maximum Gasteiger partial charge on any atom is 0.0634 e.